The van der Waals surface area contributed by atoms with Crippen LogP contribution in [0, 0.1) is 0 Å². The van der Waals surface area contributed by atoms with Crippen molar-refractivity contribution in [1.82, 2.24) is 4.90 Å². The van der Waals surface area contributed by atoms with Crippen LogP contribution in [0.5, 0.6) is 5.75 Å². The Morgan fingerprint density at radius 1 is 1.32 bits per heavy atom. The number of amides is 1. The van der Waals surface area contributed by atoms with Gasteiger partial charge in [0.1, 0.15) is 5.75 Å². The average molecular weight is 265 g/mol. The molecule has 0 saturated carbocycles. The number of rotatable bonds is 3. The summed E-state index contributed by atoms with van der Waals surface area (Å²) in [4.78, 5) is 24.6. The van der Waals surface area contributed by atoms with Crippen molar-refractivity contribution >= 4 is 11.9 Å². The van der Waals surface area contributed by atoms with Crippen molar-refractivity contribution in [3.05, 3.63) is 29.8 Å². The van der Waals surface area contributed by atoms with Crippen LogP contribution in [0.4, 0.5) is 0 Å². The standard InChI is InChI=1S/C13H15NO5/c15-11-3-1-9(2-4-11)13(18)14-5-6-19-8-10(14)7-12(16)17/h1-4,10,15H,5-8H2,(H,16,17). The van der Waals surface area contributed by atoms with E-state index >= 15 is 0 Å². The molecule has 0 radical (unpaired) electrons. The molecular weight excluding hydrogens is 250 g/mol. The first-order chi connectivity index (χ1) is 9.08. The van der Waals surface area contributed by atoms with Crippen LogP contribution >= 0.6 is 0 Å². The third-order valence-corrected chi connectivity index (χ3v) is 3.01. The SMILES string of the molecule is O=C(O)CC1COCCN1C(=O)c1ccc(O)cc1. The Hall–Kier alpha value is -2.08. The van der Waals surface area contributed by atoms with Gasteiger partial charge in [-0.05, 0) is 24.3 Å². The van der Waals surface area contributed by atoms with Crippen LogP contribution in [0.3, 0.4) is 0 Å². The summed E-state index contributed by atoms with van der Waals surface area (Å²) < 4.78 is 5.22. The molecule has 0 bridgehead atoms. The number of carbonyl (C=O) groups excluding carboxylic acids is 1. The second-order valence-electron chi connectivity index (χ2n) is 4.37. The summed E-state index contributed by atoms with van der Waals surface area (Å²) in [7, 11) is 0. The van der Waals surface area contributed by atoms with Gasteiger partial charge < -0.3 is 19.8 Å². The molecule has 1 heterocycles. The fraction of sp³-hybridized carbons (Fsp3) is 0.385. The smallest absolute Gasteiger partial charge is 0.305 e. The van der Waals surface area contributed by atoms with Gasteiger partial charge in [-0.15, -0.1) is 0 Å². The molecule has 1 unspecified atom stereocenters. The highest BCUT2D eigenvalue weighted by molar-refractivity contribution is 5.94. The number of nitrogens with zero attached hydrogens (tertiary/aromatic N) is 1. The van der Waals surface area contributed by atoms with Crippen LogP contribution in [0.15, 0.2) is 24.3 Å². The maximum absolute atomic E-state index is 12.3. The average Bonchev–Trinajstić information content (AvgIpc) is 2.39. The van der Waals surface area contributed by atoms with Crippen molar-refractivity contribution in [2.24, 2.45) is 0 Å². The topological polar surface area (TPSA) is 87.1 Å². The van der Waals surface area contributed by atoms with E-state index < -0.39 is 12.0 Å². The van der Waals surface area contributed by atoms with Crippen LogP contribution in [0.1, 0.15) is 16.8 Å². The maximum atomic E-state index is 12.3. The van der Waals surface area contributed by atoms with Crippen molar-refractivity contribution in [2.75, 3.05) is 19.8 Å². The molecular formula is C13H15NO5. The number of hydrogen-bond acceptors (Lipinski definition) is 4. The van der Waals surface area contributed by atoms with Crippen LogP contribution in [-0.2, 0) is 9.53 Å². The normalized spacial score (nSPS) is 19.2. The lowest BCUT2D eigenvalue weighted by atomic mass is 10.1. The highest BCUT2D eigenvalue weighted by Crippen LogP contribution is 2.17. The largest absolute Gasteiger partial charge is 0.508 e. The summed E-state index contributed by atoms with van der Waals surface area (Å²) in [6, 6.07) is 5.45. The lowest BCUT2D eigenvalue weighted by molar-refractivity contribution is -0.139. The monoisotopic (exact) mass is 265 g/mol. The molecule has 1 aliphatic rings. The predicted octanol–water partition coefficient (Wildman–Crippen LogP) is 0.708. The van der Waals surface area contributed by atoms with Gasteiger partial charge in [-0.1, -0.05) is 0 Å². The van der Waals surface area contributed by atoms with Crippen molar-refractivity contribution in [2.45, 2.75) is 12.5 Å². The van der Waals surface area contributed by atoms with Gasteiger partial charge in [0.25, 0.3) is 5.91 Å². The van der Waals surface area contributed by atoms with E-state index in [4.69, 9.17) is 9.84 Å². The van der Waals surface area contributed by atoms with Gasteiger partial charge in [-0.2, -0.15) is 0 Å². The number of carbonyl (C=O) groups is 2. The number of aliphatic carboxylic acids is 1. The van der Waals surface area contributed by atoms with E-state index in [1.54, 1.807) is 0 Å². The molecule has 0 spiro atoms. The zero-order valence-electron chi connectivity index (χ0n) is 10.3. The molecule has 0 aromatic heterocycles. The summed E-state index contributed by atoms with van der Waals surface area (Å²) in [5.41, 5.74) is 0.426. The zero-order chi connectivity index (χ0) is 13.8. The van der Waals surface area contributed by atoms with E-state index in [1.807, 2.05) is 0 Å². The Morgan fingerprint density at radius 3 is 2.63 bits per heavy atom. The minimum Gasteiger partial charge on any atom is -0.508 e. The van der Waals surface area contributed by atoms with Crippen LogP contribution < -0.4 is 0 Å². The summed E-state index contributed by atoms with van der Waals surface area (Å²) in [5, 5.41) is 18.0. The molecule has 1 amide bonds. The second-order valence-corrected chi connectivity index (χ2v) is 4.37. The van der Waals surface area contributed by atoms with E-state index in [-0.39, 0.29) is 24.7 Å². The molecule has 19 heavy (non-hydrogen) atoms. The van der Waals surface area contributed by atoms with Gasteiger partial charge in [0.05, 0.1) is 25.7 Å². The Kier molecular flexibility index (Phi) is 4.01. The third kappa shape index (κ3) is 3.23. The number of phenols is 1. The molecule has 6 heteroatoms. The summed E-state index contributed by atoms with van der Waals surface area (Å²) in [6.45, 7) is 1.01. The van der Waals surface area contributed by atoms with Gasteiger partial charge in [-0.3, -0.25) is 9.59 Å². The number of aromatic hydroxyl groups is 1. The molecule has 1 aromatic rings. The van der Waals surface area contributed by atoms with Crippen LogP contribution in [0.25, 0.3) is 0 Å². The van der Waals surface area contributed by atoms with E-state index in [9.17, 15) is 14.7 Å². The van der Waals surface area contributed by atoms with Crippen LogP contribution in [0.2, 0.25) is 0 Å². The lowest BCUT2D eigenvalue weighted by Crippen LogP contribution is -2.49. The molecule has 1 atom stereocenters. The Bertz CT molecular complexity index is 470. The fourth-order valence-electron chi connectivity index (χ4n) is 2.06. The minimum absolute atomic E-state index is 0.0839. The number of benzene rings is 1. The number of carboxylic acid groups (broad SMARTS) is 1. The Morgan fingerprint density at radius 2 is 2.00 bits per heavy atom. The first-order valence-electron chi connectivity index (χ1n) is 5.97. The van der Waals surface area contributed by atoms with E-state index in [0.29, 0.717) is 18.7 Å². The van der Waals surface area contributed by atoms with Crippen molar-refractivity contribution in [3.8, 4) is 5.75 Å². The predicted molar refractivity (Wildman–Crippen MR) is 66.0 cm³/mol. The van der Waals surface area contributed by atoms with Crippen LogP contribution in [-0.4, -0.2) is 52.8 Å². The van der Waals surface area contributed by atoms with Crippen molar-refractivity contribution in [3.63, 3.8) is 0 Å². The van der Waals surface area contributed by atoms with Gasteiger partial charge in [0.2, 0.25) is 0 Å². The van der Waals surface area contributed by atoms with E-state index in [1.165, 1.54) is 29.2 Å². The summed E-state index contributed by atoms with van der Waals surface area (Å²) in [6.07, 6.45) is -0.135. The highest BCUT2D eigenvalue weighted by Gasteiger charge is 2.29. The molecule has 2 rings (SSSR count). The van der Waals surface area contributed by atoms with Crippen molar-refractivity contribution in [1.29, 1.82) is 0 Å². The Balaban J connectivity index is 2.15. The van der Waals surface area contributed by atoms with E-state index in [2.05, 4.69) is 0 Å². The summed E-state index contributed by atoms with van der Waals surface area (Å²) >= 11 is 0. The summed E-state index contributed by atoms with van der Waals surface area (Å²) in [5.74, 6) is -1.12. The molecule has 1 saturated heterocycles. The first-order valence-corrected chi connectivity index (χ1v) is 5.97. The van der Waals surface area contributed by atoms with Gasteiger partial charge >= 0.3 is 5.97 Å². The van der Waals surface area contributed by atoms with Crippen molar-refractivity contribution < 1.29 is 24.5 Å². The van der Waals surface area contributed by atoms with Gasteiger partial charge in [0.15, 0.2) is 0 Å². The number of hydrogen-bond donors (Lipinski definition) is 2. The van der Waals surface area contributed by atoms with Gasteiger partial charge in [0, 0.05) is 12.1 Å². The molecule has 102 valence electrons. The number of carboxylic acids is 1. The van der Waals surface area contributed by atoms with E-state index in [0.717, 1.165) is 0 Å². The Labute approximate surface area is 110 Å². The minimum atomic E-state index is -0.959. The maximum Gasteiger partial charge on any atom is 0.305 e. The zero-order valence-corrected chi connectivity index (χ0v) is 10.3. The molecule has 6 nitrogen and oxygen atoms in total. The lowest BCUT2D eigenvalue weighted by Gasteiger charge is -2.34. The first kappa shape index (κ1) is 13.4. The number of phenolic OH excluding ortho intramolecular Hbond substituents is 1. The molecule has 1 aliphatic heterocycles. The molecule has 1 fully saturated rings. The number of ether oxygens (including phenoxy) is 1. The third-order valence-electron chi connectivity index (χ3n) is 3.01. The molecule has 0 aliphatic carbocycles. The quantitative estimate of drug-likeness (QED) is 0.840. The number of morpholine rings is 1. The molecule has 1 aromatic carbocycles. The second kappa shape index (κ2) is 5.71. The van der Waals surface area contributed by atoms with Gasteiger partial charge in [-0.25, -0.2) is 0 Å². The fourth-order valence-corrected chi connectivity index (χ4v) is 2.06. The molecule has 2 N–H and O–H groups in total. The highest BCUT2D eigenvalue weighted by atomic mass is 16.5.